The van der Waals surface area contributed by atoms with E-state index in [4.69, 9.17) is 5.73 Å². The minimum Gasteiger partial charge on any atom is -0.328 e. The molecule has 0 radical (unpaired) electrons. The van der Waals surface area contributed by atoms with Gasteiger partial charge in [0.15, 0.2) is 0 Å². The monoisotopic (exact) mass is 211 g/mol. The molecule has 3 heteroatoms. The van der Waals surface area contributed by atoms with E-state index in [0.29, 0.717) is 16.5 Å². The predicted octanol–water partition coefficient (Wildman–Crippen LogP) is 3.00. The fourth-order valence-electron chi connectivity index (χ4n) is 0. The molecule has 1 nitrogen and oxygen atoms in total. The first kappa shape index (κ1) is 18.4. The second-order valence-electron chi connectivity index (χ2n) is 3.43. The van der Waals surface area contributed by atoms with Crippen LogP contribution in [-0.2, 0) is 0 Å². The van der Waals surface area contributed by atoms with E-state index in [0.717, 1.165) is 0 Å². The third-order valence-corrected chi connectivity index (χ3v) is 0. The Morgan fingerprint density at radius 3 is 0.750 bits per heavy atom. The van der Waals surface area contributed by atoms with Gasteiger partial charge in [-0.25, -0.2) is 0 Å². The molecule has 0 atom stereocenters. The fourth-order valence-corrected chi connectivity index (χ4v) is 0. The zero-order chi connectivity index (χ0) is 10.7. The van der Waals surface area contributed by atoms with Crippen LogP contribution < -0.4 is 5.73 Å². The molecule has 0 bridgehead atoms. The SMILES string of the molecule is CC(C)N.CC(C)S.CC(C)S. The third-order valence-electron chi connectivity index (χ3n) is 0. The van der Waals surface area contributed by atoms with E-state index < -0.39 is 0 Å². The first-order valence-electron chi connectivity index (χ1n) is 4.31. The molecule has 0 aromatic rings. The second kappa shape index (κ2) is 14.2. The highest BCUT2D eigenvalue weighted by atomic mass is 32.1. The molecular weight excluding hydrogens is 186 g/mol. The smallest absolute Gasteiger partial charge is 0.00179 e. The van der Waals surface area contributed by atoms with E-state index in [9.17, 15) is 0 Å². The fraction of sp³-hybridized carbons (Fsp3) is 1.00. The molecule has 0 saturated carbocycles. The average molecular weight is 211 g/mol. The lowest BCUT2D eigenvalue weighted by Gasteiger charge is -1.81. The lowest BCUT2D eigenvalue weighted by atomic mass is 10.5. The largest absolute Gasteiger partial charge is 0.328 e. The number of hydrogen-bond donors (Lipinski definition) is 3. The summed E-state index contributed by atoms with van der Waals surface area (Å²) in [6.07, 6.45) is 0. The van der Waals surface area contributed by atoms with Gasteiger partial charge in [0, 0.05) is 0 Å². The molecule has 0 aromatic carbocycles. The Balaban J connectivity index is -0.000000101. The maximum atomic E-state index is 5.11. The molecule has 0 spiro atoms. The number of thiol groups is 2. The van der Waals surface area contributed by atoms with Gasteiger partial charge in [-0.2, -0.15) is 25.3 Å². The van der Waals surface area contributed by atoms with E-state index in [-0.39, 0.29) is 0 Å². The van der Waals surface area contributed by atoms with Crippen LogP contribution in [0.5, 0.6) is 0 Å². The minimum atomic E-state index is 0.333. The lowest BCUT2D eigenvalue weighted by Crippen LogP contribution is -2.06. The Bertz CT molecular complexity index is 41.0. The molecule has 2 N–H and O–H groups in total. The van der Waals surface area contributed by atoms with Crippen molar-refractivity contribution in [2.75, 3.05) is 0 Å². The van der Waals surface area contributed by atoms with Gasteiger partial charge in [-0.1, -0.05) is 41.5 Å². The number of nitrogens with two attached hydrogens (primary N) is 1. The zero-order valence-corrected chi connectivity index (χ0v) is 11.0. The van der Waals surface area contributed by atoms with E-state index in [1.807, 2.05) is 41.5 Å². The molecule has 0 aliphatic heterocycles. The molecule has 0 aromatic heterocycles. The van der Waals surface area contributed by atoms with Crippen molar-refractivity contribution in [1.82, 2.24) is 0 Å². The van der Waals surface area contributed by atoms with Crippen LogP contribution in [0.4, 0.5) is 0 Å². The molecule has 78 valence electrons. The number of rotatable bonds is 0. The highest BCUT2D eigenvalue weighted by Crippen LogP contribution is 1.83. The normalized spacial score (nSPS) is 9.00. The van der Waals surface area contributed by atoms with Gasteiger partial charge in [-0.05, 0) is 16.5 Å². The van der Waals surface area contributed by atoms with Crippen LogP contribution in [0.1, 0.15) is 41.5 Å². The standard InChI is InChI=1S/C3H9N.2C3H8S/c3*1-3(2)4/h3H,4H2,1-2H3;2*3-4H,1-2H3. The molecule has 0 amide bonds. The molecule has 0 aliphatic carbocycles. The summed E-state index contributed by atoms with van der Waals surface area (Å²) >= 11 is 7.93. The van der Waals surface area contributed by atoms with Gasteiger partial charge >= 0.3 is 0 Å². The van der Waals surface area contributed by atoms with E-state index in [1.54, 1.807) is 0 Å². The quantitative estimate of drug-likeness (QED) is 0.528. The summed E-state index contributed by atoms with van der Waals surface area (Å²) in [4.78, 5) is 0. The molecule has 0 heterocycles. The van der Waals surface area contributed by atoms with Crippen molar-refractivity contribution in [1.29, 1.82) is 0 Å². The molecule has 0 fully saturated rings. The van der Waals surface area contributed by atoms with E-state index >= 15 is 0 Å². The van der Waals surface area contributed by atoms with Gasteiger partial charge in [-0.15, -0.1) is 0 Å². The molecule has 0 saturated heterocycles. The van der Waals surface area contributed by atoms with Gasteiger partial charge in [0.25, 0.3) is 0 Å². The molecule has 0 aliphatic rings. The van der Waals surface area contributed by atoms with Crippen molar-refractivity contribution in [3.63, 3.8) is 0 Å². The van der Waals surface area contributed by atoms with Crippen LogP contribution >= 0.6 is 25.3 Å². The summed E-state index contributed by atoms with van der Waals surface area (Å²) < 4.78 is 0. The van der Waals surface area contributed by atoms with Crippen molar-refractivity contribution in [3.8, 4) is 0 Å². The van der Waals surface area contributed by atoms with Crippen LogP contribution in [-0.4, -0.2) is 16.5 Å². The van der Waals surface area contributed by atoms with Crippen LogP contribution in [0.2, 0.25) is 0 Å². The Labute approximate surface area is 89.3 Å². The van der Waals surface area contributed by atoms with Crippen molar-refractivity contribution in [2.24, 2.45) is 5.73 Å². The van der Waals surface area contributed by atoms with Gasteiger partial charge in [0.2, 0.25) is 0 Å². The highest BCUT2D eigenvalue weighted by molar-refractivity contribution is 7.81. The topological polar surface area (TPSA) is 26.0 Å². The van der Waals surface area contributed by atoms with Crippen molar-refractivity contribution >= 4 is 25.3 Å². The van der Waals surface area contributed by atoms with Crippen LogP contribution in [0.25, 0.3) is 0 Å². The summed E-state index contributed by atoms with van der Waals surface area (Å²) in [5.41, 5.74) is 5.11. The van der Waals surface area contributed by atoms with Crippen molar-refractivity contribution in [2.45, 2.75) is 58.1 Å². The Kier molecular flexibility index (Phi) is 21.8. The summed E-state index contributed by atoms with van der Waals surface area (Å²) in [5.74, 6) is 0. The average Bonchev–Trinajstić information content (AvgIpc) is 1.54. The summed E-state index contributed by atoms with van der Waals surface area (Å²) in [6, 6.07) is 0.333. The van der Waals surface area contributed by atoms with Crippen LogP contribution in [0.15, 0.2) is 0 Å². The van der Waals surface area contributed by atoms with Crippen molar-refractivity contribution < 1.29 is 0 Å². The summed E-state index contributed by atoms with van der Waals surface area (Å²) in [6.45, 7) is 12.0. The molecule has 12 heavy (non-hydrogen) atoms. The van der Waals surface area contributed by atoms with Crippen molar-refractivity contribution in [3.05, 3.63) is 0 Å². The van der Waals surface area contributed by atoms with Crippen LogP contribution in [0.3, 0.4) is 0 Å². The summed E-state index contributed by atoms with van der Waals surface area (Å²) in [5, 5.41) is 1.06. The van der Waals surface area contributed by atoms with E-state index in [1.165, 1.54) is 0 Å². The predicted molar refractivity (Wildman–Crippen MR) is 67.6 cm³/mol. The van der Waals surface area contributed by atoms with Gasteiger partial charge < -0.3 is 5.73 Å². The van der Waals surface area contributed by atoms with E-state index in [2.05, 4.69) is 25.3 Å². The first-order chi connectivity index (χ1) is 5.20. The molecule has 0 unspecified atom stereocenters. The maximum Gasteiger partial charge on any atom is -0.00179 e. The second-order valence-corrected chi connectivity index (χ2v) is 5.50. The lowest BCUT2D eigenvalue weighted by molar-refractivity contribution is 0.834. The third kappa shape index (κ3) is 2280. The number of hydrogen-bond acceptors (Lipinski definition) is 3. The Morgan fingerprint density at radius 1 is 0.750 bits per heavy atom. The maximum absolute atomic E-state index is 5.11. The van der Waals surface area contributed by atoms with Gasteiger partial charge in [-0.3, -0.25) is 0 Å². The Morgan fingerprint density at radius 2 is 0.750 bits per heavy atom. The Hall–Kier alpha value is 0.660. The summed E-state index contributed by atoms with van der Waals surface area (Å²) in [7, 11) is 0. The first-order valence-corrected chi connectivity index (χ1v) is 5.35. The van der Waals surface area contributed by atoms with Crippen LogP contribution in [0, 0.1) is 0 Å². The molecular formula is C9H25NS2. The van der Waals surface area contributed by atoms with Gasteiger partial charge in [0.05, 0.1) is 0 Å². The highest BCUT2D eigenvalue weighted by Gasteiger charge is 1.69. The molecule has 0 rings (SSSR count). The minimum absolute atomic E-state index is 0.333. The zero-order valence-electron chi connectivity index (χ0n) is 9.20. The van der Waals surface area contributed by atoms with Gasteiger partial charge in [0.1, 0.15) is 0 Å².